The maximum atomic E-state index is 11.3. The van der Waals surface area contributed by atoms with Gasteiger partial charge in [-0.2, -0.15) is 5.48 Å². The highest BCUT2D eigenvalue weighted by atomic mass is 16.7. The Bertz CT molecular complexity index is 429. The summed E-state index contributed by atoms with van der Waals surface area (Å²) >= 11 is 0. The van der Waals surface area contributed by atoms with Crippen molar-refractivity contribution >= 4 is 24.1 Å². The SMILES string of the molecule is CCCC(C)(CNC(=O)ONC(=O)NNC(=O)NC)C(=O)O. The number of hydrogen-bond acceptors (Lipinski definition) is 5. The van der Waals surface area contributed by atoms with Crippen molar-refractivity contribution in [3.8, 4) is 0 Å². The quantitative estimate of drug-likeness (QED) is 0.380. The molecule has 126 valence electrons. The first-order valence-corrected chi connectivity index (χ1v) is 6.47. The lowest BCUT2D eigenvalue weighted by Gasteiger charge is -2.24. The number of hydrazine groups is 1. The number of urea groups is 2. The number of aliphatic carboxylic acids is 1. The fourth-order valence-electron chi connectivity index (χ4n) is 1.42. The van der Waals surface area contributed by atoms with Crippen molar-refractivity contribution in [2.75, 3.05) is 13.6 Å². The van der Waals surface area contributed by atoms with E-state index >= 15 is 0 Å². The minimum absolute atomic E-state index is 0.158. The van der Waals surface area contributed by atoms with E-state index in [9.17, 15) is 19.2 Å². The van der Waals surface area contributed by atoms with Gasteiger partial charge in [0, 0.05) is 13.6 Å². The molecule has 0 rings (SSSR count). The van der Waals surface area contributed by atoms with Gasteiger partial charge in [0.15, 0.2) is 0 Å². The molecule has 11 nitrogen and oxygen atoms in total. The molecule has 1 unspecified atom stereocenters. The van der Waals surface area contributed by atoms with Crippen LogP contribution in [0.25, 0.3) is 0 Å². The molecule has 11 heteroatoms. The monoisotopic (exact) mass is 319 g/mol. The van der Waals surface area contributed by atoms with Crippen LogP contribution in [0.2, 0.25) is 0 Å². The Morgan fingerprint density at radius 3 is 2.23 bits per heavy atom. The van der Waals surface area contributed by atoms with E-state index in [4.69, 9.17) is 5.11 Å². The summed E-state index contributed by atoms with van der Waals surface area (Å²) < 4.78 is 0. The lowest BCUT2D eigenvalue weighted by atomic mass is 9.86. The van der Waals surface area contributed by atoms with Crippen molar-refractivity contribution in [2.24, 2.45) is 5.41 Å². The predicted octanol–water partition coefficient (Wildman–Crippen LogP) is -0.338. The Hall–Kier alpha value is -2.72. The molecule has 0 aliphatic rings. The van der Waals surface area contributed by atoms with Gasteiger partial charge < -0.3 is 20.6 Å². The zero-order chi connectivity index (χ0) is 17.2. The number of hydroxylamine groups is 1. The number of carboxylic acids is 1. The number of hydrogen-bond donors (Lipinski definition) is 6. The van der Waals surface area contributed by atoms with Crippen molar-refractivity contribution in [3.05, 3.63) is 0 Å². The summed E-state index contributed by atoms with van der Waals surface area (Å²) in [6, 6.07) is -1.66. The molecule has 1 atom stereocenters. The molecule has 0 spiro atoms. The van der Waals surface area contributed by atoms with Crippen LogP contribution in [-0.2, 0) is 9.63 Å². The lowest BCUT2D eigenvalue weighted by molar-refractivity contribution is -0.148. The molecule has 0 heterocycles. The Labute approximate surface area is 127 Å². The van der Waals surface area contributed by atoms with Crippen molar-refractivity contribution in [2.45, 2.75) is 26.7 Å². The van der Waals surface area contributed by atoms with Crippen molar-refractivity contribution in [1.82, 2.24) is 27.0 Å². The Morgan fingerprint density at radius 2 is 1.73 bits per heavy atom. The van der Waals surface area contributed by atoms with Gasteiger partial charge in [0.05, 0.1) is 5.41 Å². The maximum Gasteiger partial charge on any atom is 0.431 e. The van der Waals surface area contributed by atoms with Crippen LogP contribution in [0.3, 0.4) is 0 Å². The number of carbonyl (C=O) groups excluding carboxylic acids is 3. The summed E-state index contributed by atoms with van der Waals surface area (Å²) in [6.45, 7) is 3.16. The third-order valence-electron chi connectivity index (χ3n) is 2.69. The minimum atomic E-state index is -1.13. The van der Waals surface area contributed by atoms with Crippen LogP contribution >= 0.6 is 0 Å². The predicted molar refractivity (Wildman–Crippen MR) is 74.4 cm³/mol. The molecule has 0 aromatic heterocycles. The van der Waals surface area contributed by atoms with E-state index in [0.717, 1.165) is 0 Å². The van der Waals surface area contributed by atoms with Crippen LogP contribution in [-0.4, -0.2) is 42.8 Å². The maximum absolute atomic E-state index is 11.3. The molecule has 0 saturated carbocycles. The van der Waals surface area contributed by atoms with Gasteiger partial charge in [-0.3, -0.25) is 4.79 Å². The van der Waals surface area contributed by atoms with Gasteiger partial charge in [0.1, 0.15) is 0 Å². The molecule has 0 saturated heterocycles. The molecular formula is C11H21N5O6. The first-order valence-electron chi connectivity index (χ1n) is 6.47. The second kappa shape index (κ2) is 9.26. The number of carboxylic acid groups (broad SMARTS) is 1. The highest BCUT2D eigenvalue weighted by molar-refractivity contribution is 5.80. The molecule has 0 aliphatic carbocycles. The fourth-order valence-corrected chi connectivity index (χ4v) is 1.42. The molecule has 0 aromatic carbocycles. The minimum Gasteiger partial charge on any atom is -0.481 e. The van der Waals surface area contributed by atoms with Crippen LogP contribution < -0.4 is 27.0 Å². The fraction of sp³-hybridized carbons (Fsp3) is 0.636. The summed E-state index contributed by atoms with van der Waals surface area (Å²) in [7, 11) is 1.34. The average molecular weight is 319 g/mol. The van der Waals surface area contributed by atoms with E-state index in [2.05, 4.69) is 15.5 Å². The molecule has 0 bridgehead atoms. The van der Waals surface area contributed by atoms with Crippen LogP contribution in [0, 0.1) is 5.41 Å². The van der Waals surface area contributed by atoms with E-state index in [1.54, 1.807) is 5.48 Å². The molecule has 0 radical (unpaired) electrons. The molecular weight excluding hydrogens is 298 g/mol. The summed E-state index contributed by atoms with van der Waals surface area (Å²) in [4.78, 5) is 48.7. The summed E-state index contributed by atoms with van der Waals surface area (Å²) in [5.74, 6) is -1.05. The van der Waals surface area contributed by atoms with Gasteiger partial charge in [0.25, 0.3) is 0 Å². The third-order valence-corrected chi connectivity index (χ3v) is 2.69. The van der Waals surface area contributed by atoms with E-state index in [-0.39, 0.29) is 6.54 Å². The lowest BCUT2D eigenvalue weighted by Crippen LogP contribution is -2.51. The van der Waals surface area contributed by atoms with Crippen molar-refractivity contribution in [3.63, 3.8) is 0 Å². The van der Waals surface area contributed by atoms with E-state index in [1.807, 2.05) is 17.8 Å². The van der Waals surface area contributed by atoms with Gasteiger partial charge >= 0.3 is 24.1 Å². The zero-order valence-electron chi connectivity index (χ0n) is 12.6. The molecule has 22 heavy (non-hydrogen) atoms. The Kier molecular flexibility index (Phi) is 8.11. The van der Waals surface area contributed by atoms with Crippen LogP contribution in [0.4, 0.5) is 14.4 Å². The highest BCUT2D eigenvalue weighted by Crippen LogP contribution is 2.22. The standard InChI is InChI=1S/C11H21N5O6/c1-4-5-11(2,7(17)18)6-13-10(21)22-16-9(20)15-14-8(19)12-3/h4-6H2,1-3H3,(H,13,21)(H,17,18)(H2,12,14,19)(H2,15,16,20). The number of nitrogens with one attached hydrogen (secondary N) is 5. The van der Waals surface area contributed by atoms with Crippen LogP contribution in [0.5, 0.6) is 0 Å². The van der Waals surface area contributed by atoms with Crippen LogP contribution in [0.1, 0.15) is 26.7 Å². The molecule has 5 amide bonds. The average Bonchev–Trinajstić information content (AvgIpc) is 2.48. The smallest absolute Gasteiger partial charge is 0.431 e. The van der Waals surface area contributed by atoms with E-state index in [0.29, 0.717) is 12.8 Å². The van der Waals surface area contributed by atoms with Gasteiger partial charge in [-0.15, -0.1) is 0 Å². The zero-order valence-corrected chi connectivity index (χ0v) is 12.6. The summed E-state index contributed by atoms with van der Waals surface area (Å²) in [5, 5.41) is 13.5. The van der Waals surface area contributed by atoms with Crippen molar-refractivity contribution in [1.29, 1.82) is 0 Å². The second-order valence-corrected chi connectivity index (χ2v) is 4.62. The number of amides is 5. The highest BCUT2D eigenvalue weighted by Gasteiger charge is 2.32. The topological polar surface area (TPSA) is 158 Å². The Morgan fingerprint density at radius 1 is 1.14 bits per heavy atom. The van der Waals surface area contributed by atoms with Gasteiger partial charge in [-0.1, -0.05) is 13.3 Å². The number of carbonyl (C=O) groups is 4. The first-order chi connectivity index (χ1) is 10.2. The molecule has 6 N–H and O–H groups in total. The van der Waals surface area contributed by atoms with Gasteiger partial charge in [0.2, 0.25) is 0 Å². The second-order valence-electron chi connectivity index (χ2n) is 4.62. The molecule has 0 aliphatic heterocycles. The summed E-state index contributed by atoms with van der Waals surface area (Å²) in [5.41, 5.74) is 4.41. The largest absolute Gasteiger partial charge is 0.481 e. The Balaban J connectivity index is 4.11. The third kappa shape index (κ3) is 7.17. The molecule has 0 fully saturated rings. The number of rotatable bonds is 5. The van der Waals surface area contributed by atoms with E-state index < -0.39 is 29.5 Å². The van der Waals surface area contributed by atoms with Crippen molar-refractivity contribution < 1.29 is 29.1 Å². The van der Waals surface area contributed by atoms with Crippen LogP contribution in [0.15, 0.2) is 0 Å². The van der Waals surface area contributed by atoms with Gasteiger partial charge in [-0.05, 0) is 13.3 Å². The first kappa shape index (κ1) is 19.3. The van der Waals surface area contributed by atoms with E-state index in [1.165, 1.54) is 14.0 Å². The summed E-state index contributed by atoms with van der Waals surface area (Å²) in [6.07, 6.45) is -0.0311. The molecule has 0 aromatic rings. The van der Waals surface area contributed by atoms with Gasteiger partial charge in [-0.25, -0.2) is 25.2 Å². The normalized spacial score (nSPS) is 12.3.